The molecule has 6 aromatic carbocycles. The first-order valence-corrected chi connectivity index (χ1v) is 35.2. The van der Waals surface area contributed by atoms with Crippen molar-refractivity contribution in [3.63, 3.8) is 0 Å². The molecule has 0 amide bonds. The molecule has 0 saturated carbocycles. The molecule has 0 atom stereocenters. The van der Waals surface area contributed by atoms with Gasteiger partial charge < -0.3 is 19.9 Å². The van der Waals surface area contributed by atoms with Crippen LogP contribution in [0.3, 0.4) is 0 Å². The third-order valence-corrected chi connectivity index (χ3v) is 19.8. The summed E-state index contributed by atoms with van der Waals surface area (Å²) in [5.74, 6) is 0. The Hall–Kier alpha value is -13.2. The summed E-state index contributed by atoms with van der Waals surface area (Å²) in [5, 5.41) is 0. The van der Waals surface area contributed by atoms with Crippen molar-refractivity contribution >= 4 is 80.2 Å². The van der Waals surface area contributed by atoms with Crippen LogP contribution in [0.4, 0.5) is 0 Å². The number of aliphatic imine (C=N–C) groups is 3. The molecule has 486 valence electrons. The monoisotopic (exact) mass is 1310 g/mol. The van der Waals surface area contributed by atoms with E-state index >= 15 is 0 Å². The van der Waals surface area contributed by atoms with Gasteiger partial charge in [0.25, 0.3) is 0 Å². The Morgan fingerprint density at radius 2 is 0.716 bits per heavy atom. The van der Waals surface area contributed by atoms with E-state index < -0.39 is 0 Å². The molecule has 7 aliphatic rings. The Labute approximate surface area is 592 Å². The Morgan fingerprint density at radius 1 is 0.314 bits per heavy atom. The molecule has 0 saturated heterocycles. The maximum atomic E-state index is 5.53. The summed E-state index contributed by atoms with van der Waals surface area (Å²) in [6, 6.07) is 81.2. The van der Waals surface area contributed by atoms with Crippen LogP contribution >= 0.6 is 0 Å². The quantitative estimate of drug-likeness (QED) is 0.0743. The third kappa shape index (κ3) is 11.9. The molecule has 7 aliphatic heterocycles. The standard InChI is InChI=1S/C92H68N10/c1(21-55-101-57-51-67(52-58-101)91-81-47-43-77(97-81)87(63-27-13-5-14-28-63)73-39-35-69(93-73)85(61-23-9-3-10-24-61)70-36-40-74(94-70)88(64-29-15-6-16-30-64)78-44-48-82(91)98-78)2-22-56-102-59-53-68(54-60-102)92-83-49-45-79(99-83)89(65-31-17-7-18-32-65)75-41-37-71(95-75)86(62-25-11-4-12-26-62)72-38-42-76(96-72)90(66-33-19-8-20-34-66)80-46-50-84(92)100-80/h3-20,23-54,57-60H,1-2,21-22,55-56H2,(H2,93,94,95,96,97,98,99,100)/p+2. The highest BCUT2D eigenvalue weighted by molar-refractivity contribution is 6.36. The van der Waals surface area contributed by atoms with E-state index in [0.29, 0.717) is 0 Å². The lowest BCUT2D eigenvalue weighted by atomic mass is 9.97. The molecule has 0 aliphatic carbocycles. The Balaban J connectivity index is 0.621. The highest BCUT2D eigenvalue weighted by atomic mass is 15.1. The summed E-state index contributed by atoms with van der Waals surface area (Å²) in [5.41, 5.74) is 31.8. The minimum absolute atomic E-state index is 0.850. The van der Waals surface area contributed by atoms with E-state index in [1.54, 1.807) is 0 Å². The minimum Gasteiger partial charge on any atom is -0.354 e. The van der Waals surface area contributed by atoms with Gasteiger partial charge in [-0.3, -0.25) is 0 Å². The first-order chi connectivity index (χ1) is 50.5. The average Bonchev–Trinajstić information content (AvgIpc) is 1.58. The van der Waals surface area contributed by atoms with Crippen molar-refractivity contribution in [3.8, 4) is 44.5 Å². The number of aromatic nitrogens is 6. The largest absolute Gasteiger partial charge is 0.354 e. The van der Waals surface area contributed by atoms with Crippen molar-refractivity contribution in [2.75, 3.05) is 6.54 Å². The number of hydrogen-bond donors (Lipinski definition) is 3. The number of unbranched alkanes of at least 4 members (excludes halogenated alkanes) is 3. The predicted octanol–water partition coefficient (Wildman–Crippen LogP) is 20.2. The summed E-state index contributed by atoms with van der Waals surface area (Å²) in [6.45, 7) is 1.83. The Bertz CT molecular complexity index is 5650. The second-order valence-corrected chi connectivity index (χ2v) is 26.3. The van der Waals surface area contributed by atoms with Crippen LogP contribution in [0.1, 0.15) is 76.5 Å². The molecular weight excluding hydrogens is 1250 g/mol. The number of H-pyrrole nitrogens is 4. The molecule has 16 bridgehead atoms. The summed E-state index contributed by atoms with van der Waals surface area (Å²) in [6.07, 6.45) is 39.3. The molecule has 11 aromatic rings. The van der Waals surface area contributed by atoms with Gasteiger partial charge in [0.05, 0.1) is 62.3 Å². The molecule has 10 nitrogen and oxygen atoms in total. The Kier molecular flexibility index (Phi) is 16.1. The number of aromatic amines is 4. The molecule has 0 fully saturated rings. The van der Waals surface area contributed by atoms with Crippen molar-refractivity contribution in [1.82, 2.24) is 24.8 Å². The first-order valence-electron chi connectivity index (χ1n) is 35.2. The van der Waals surface area contributed by atoms with Gasteiger partial charge in [0.2, 0.25) is 11.4 Å². The van der Waals surface area contributed by atoms with E-state index in [0.717, 1.165) is 218 Å². The highest BCUT2D eigenvalue weighted by Gasteiger charge is 2.29. The number of pyridine rings is 1. The van der Waals surface area contributed by atoms with Crippen molar-refractivity contribution in [2.45, 2.75) is 32.2 Å². The summed E-state index contributed by atoms with van der Waals surface area (Å²) < 4.78 is 2.32. The number of rotatable bonds is 14. The SMILES string of the molecule is C1=CC2=C(c3ccccc3)C3=NC(=C(c4ccccc4)c4ccc([nH]4)C(c4ccccc4)=C4C=CC(=N4)C(=C4C=CN(CCCCCC[n+]5ccc(-c6c7ccc([nH]7)c(-c7ccccc7)c7nc(c(-c8ccccc8)c8[nH+]c(c(-c9ccccc9)c9ccc6[nH]9)C=C8)C=C7)cc5)C=C4)C1=N2)C=C3. The molecule has 5 aromatic heterocycles. The zero-order valence-electron chi connectivity index (χ0n) is 56.1. The molecule has 0 radical (unpaired) electrons. The lowest BCUT2D eigenvalue weighted by Crippen LogP contribution is -2.32. The first kappa shape index (κ1) is 61.2. The fraction of sp³-hybridized carbons (Fsp3) is 0.0652. The number of hydrogen-bond acceptors (Lipinski definition) is 5. The summed E-state index contributed by atoms with van der Waals surface area (Å²) in [7, 11) is 0. The zero-order chi connectivity index (χ0) is 67.7. The van der Waals surface area contributed by atoms with Gasteiger partial charge in [0, 0.05) is 111 Å². The van der Waals surface area contributed by atoms with Crippen molar-refractivity contribution in [2.24, 2.45) is 15.0 Å². The van der Waals surface area contributed by atoms with Crippen LogP contribution in [0, 0.1) is 0 Å². The van der Waals surface area contributed by atoms with Crippen LogP contribution in [-0.4, -0.2) is 48.5 Å². The number of nitrogens with zero attached hydrogens (tertiary/aromatic N) is 6. The van der Waals surface area contributed by atoms with E-state index in [-0.39, 0.29) is 0 Å². The van der Waals surface area contributed by atoms with E-state index in [4.69, 9.17) is 20.0 Å². The van der Waals surface area contributed by atoms with Gasteiger partial charge in [-0.15, -0.1) is 0 Å². The average molecular weight is 1320 g/mol. The molecule has 12 heterocycles. The number of allylic oxidation sites excluding steroid dienone is 11. The number of aryl methyl sites for hydroxylation is 1. The smallest absolute Gasteiger partial charge is 0.214 e. The second-order valence-electron chi connectivity index (χ2n) is 26.3. The molecular formula is C92H70N10+2. The fourth-order valence-corrected chi connectivity index (χ4v) is 15.0. The lowest BCUT2D eigenvalue weighted by Gasteiger charge is -2.20. The normalized spacial score (nSPS) is 15.0. The van der Waals surface area contributed by atoms with E-state index in [9.17, 15) is 0 Å². The number of benzene rings is 6. The highest BCUT2D eigenvalue weighted by Crippen LogP contribution is 2.41. The van der Waals surface area contributed by atoms with Gasteiger partial charge in [-0.05, 0) is 155 Å². The van der Waals surface area contributed by atoms with Crippen LogP contribution in [0.2, 0.25) is 0 Å². The maximum Gasteiger partial charge on any atom is 0.214 e. The van der Waals surface area contributed by atoms with E-state index in [2.05, 4.69) is 358 Å². The van der Waals surface area contributed by atoms with Crippen LogP contribution in [0.5, 0.6) is 0 Å². The van der Waals surface area contributed by atoms with Gasteiger partial charge in [-0.1, -0.05) is 188 Å². The molecule has 102 heavy (non-hydrogen) atoms. The summed E-state index contributed by atoms with van der Waals surface area (Å²) >= 11 is 0. The molecule has 4 N–H and O–H groups in total. The van der Waals surface area contributed by atoms with E-state index in [1.807, 2.05) is 0 Å². The number of fused-ring (bicyclic) bond motifs is 13. The zero-order valence-corrected chi connectivity index (χ0v) is 56.1. The van der Waals surface area contributed by atoms with Crippen LogP contribution < -0.4 is 9.55 Å². The lowest BCUT2D eigenvalue weighted by molar-refractivity contribution is -0.697. The van der Waals surface area contributed by atoms with E-state index in [1.165, 1.54) is 0 Å². The van der Waals surface area contributed by atoms with Crippen molar-refractivity contribution in [3.05, 3.63) is 383 Å². The maximum absolute atomic E-state index is 5.53. The summed E-state index contributed by atoms with van der Waals surface area (Å²) in [4.78, 5) is 39.9. The Morgan fingerprint density at radius 3 is 1.24 bits per heavy atom. The van der Waals surface area contributed by atoms with Gasteiger partial charge >= 0.3 is 0 Å². The van der Waals surface area contributed by atoms with Gasteiger partial charge in [0.1, 0.15) is 6.54 Å². The van der Waals surface area contributed by atoms with Gasteiger partial charge in [-0.25, -0.2) is 29.5 Å². The predicted molar refractivity (Wildman–Crippen MR) is 419 cm³/mol. The fourth-order valence-electron chi connectivity index (χ4n) is 15.0. The van der Waals surface area contributed by atoms with Crippen LogP contribution in [0.15, 0.2) is 347 Å². The minimum atomic E-state index is 0.850. The number of nitrogens with one attached hydrogen (secondary N) is 4. The van der Waals surface area contributed by atoms with Gasteiger partial charge in [-0.2, -0.15) is 0 Å². The van der Waals surface area contributed by atoms with Crippen LogP contribution in [-0.2, 0) is 6.54 Å². The molecule has 10 heteroatoms. The van der Waals surface area contributed by atoms with Gasteiger partial charge in [0.15, 0.2) is 12.4 Å². The van der Waals surface area contributed by atoms with Crippen molar-refractivity contribution in [1.29, 1.82) is 0 Å². The third-order valence-electron chi connectivity index (χ3n) is 19.8. The topological polar surface area (TPSA) is 119 Å². The molecule has 0 unspecified atom stereocenters. The van der Waals surface area contributed by atoms with Crippen molar-refractivity contribution < 1.29 is 9.55 Å². The van der Waals surface area contributed by atoms with Crippen LogP contribution in [0.25, 0.3) is 108 Å². The second kappa shape index (κ2) is 26.9. The molecule has 18 rings (SSSR count). The molecule has 0 spiro atoms.